The van der Waals surface area contributed by atoms with Crippen molar-refractivity contribution in [3.63, 3.8) is 0 Å². The summed E-state index contributed by atoms with van der Waals surface area (Å²) in [5, 5.41) is 2.94. The van der Waals surface area contributed by atoms with Gasteiger partial charge in [0.15, 0.2) is 0 Å². The molecule has 1 aliphatic heterocycles. The smallest absolute Gasteiger partial charge is 0.387 e. The molecule has 1 saturated heterocycles. The molecule has 1 saturated carbocycles. The van der Waals surface area contributed by atoms with E-state index in [1.165, 1.54) is 57.1 Å². The minimum atomic E-state index is -2.82. The lowest BCUT2D eigenvalue weighted by molar-refractivity contribution is -0.122. The quantitative estimate of drug-likeness (QED) is 0.794. The van der Waals surface area contributed by atoms with Crippen molar-refractivity contribution in [2.24, 2.45) is 5.92 Å². The SMILES string of the molecule is O=C(CN1CCCC1C1CCCCC1)NCc1ccc(OC(F)F)cc1. The fraction of sp³-hybridized carbons (Fsp3) is 0.650. The van der Waals surface area contributed by atoms with Crippen molar-refractivity contribution in [3.8, 4) is 5.75 Å². The van der Waals surface area contributed by atoms with Gasteiger partial charge in [0, 0.05) is 12.6 Å². The summed E-state index contributed by atoms with van der Waals surface area (Å²) in [5.74, 6) is 0.907. The number of rotatable bonds is 7. The van der Waals surface area contributed by atoms with Crippen molar-refractivity contribution in [1.29, 1.82) is 0 Å². The van der Waals surface area contributed by atoms with Crippen LogP contribution in [0.5, 0.6) is 5.75 Å². The van der Waals surface area contributed by atoms with Gasteiger partial charge in [0.1, 0.15) is 5.75 Å². The second kappa shape index (κ2) is 9.31. The van der Waals surface area contributed by atoms with Crippen molar-refractivity contribution in [1.82, 2.24) is 10.2 Å². The molecule has 1 amide bonds. The Morgan fingerprint density at radius 1 is 1.12 bits per heavy atom. The largest absolute Gasteiger partial charge is 0.435 e. The summed E-state index contributed by atoms with van der Waals surface area (Å²) < 4.78 is 28.6. The number of nitrogens with one attached hydrogen (secondary N) is 1. The van der Waals surface area contributed by atoms with E-state index in [2.05, 4.69) is 15.0 Å². The number of carbonyl (C=O) groups excluding carboxylic acids is 1. The van der Waals surface area contributed by atoms with Gasteiger partial charge < -0.3 is 10.1 Å². The number of alkyl halides is 2. The Balaban J connectivity index is 1.44. The Bertz CT molecular complexity index is 574. The molecule has 6 heteroatoms. The number of benzene rings is 1. The summed E-state index contributed by atoms with van der Waals surface area (Å²) in [6.07, 6.45) is 9.00. The summed E-state index contributed by atoms with van der Waals surface area (Å²) >= 11 is 0. The summed E-state index contributed by atoms with van der Waals surface area (Å²) in [7, 11) is 0. The number of hydrogen-bond acceptors (Lipinski definition) is 3. The Kier molecular flexibility index (Phi) is 6.83. The average molecular weight is 366 g/mol. The molecule has 2 aliphatic rings. The van der Waals surface area contributed by atoms with Crippen LogP contribution < -0.4 is 10.1 Å². The van der Waals surface area contributed by atoms with E-state index in [-0.39, 0.29) is 11.7 Å². The number of hydrogen-bond donors (Lipinski definition) is 1. The molecule has 0 aromatic heterocycles. The van der Waals surface area contributed by atoms with Crippen LogP contribution in [0.15, 0.2) is 24.3 Å². The maximum Gasteiger partial charge on any atom is 0.387 e. The molecule has 1 atom stereocenters. The van der Waals surface area contributed by atoms with Crippen LogP contribution in [0.3, 0.4) is 0 Å². The highest BCUT2D eigenvalue weighted by Gasteiger charge is 2.33. The van der Waals surface area contributed by atoms with E-state index in [1.54, 1.807) is 12.1 Å². The van der Waals surface area contributed by atoms with E-state index in [4.69, 9.17) is 0 Å². The summed E-state index contributed by atoms with van der Waals surface area (Å²) in [4.78, 5) is 14.7. The lowest BCUT2D eigenvalue weighted by atomic mass is 9.83. The minimum Gasteiger partial charge on any atom is -0.435 e. The predicted molar refractivity (Wildman–Crippen MR) is 96.1 cm³/mol. The fourth-order valence-corrected chi connectivity index (χ4v) is 4.33. The molecule has 3 rings (SSSR count). The van der Waals surface area contributed by atoms with Gasteiger partial charge in [-0.05, 0) is 55.8 Å². The van der Waals surface area contributed by atoms with Crippen molar-refractivity contribution in [2.45, 2.75) is 64.1 Å². The standard InChI is InChI=1S/C20H28F2N2O2/c21-20(22)26-17-10-8-15(9-11-17)13-23-19(25)14-24-12-4-7-18(24)16-5-2-1-3-6-16/h8-11,16,18,20H,1-7,12-14H2,(H,23,25). The maximum atomic E-state index is 12.3. The maximum absolute atomic E-state index is 12.3. The monoisotopic (exact) mass is 366 g/mol. The Morgan fingerprint density at radius 2 is 1.85 bits per heavy atom. The number of nitrogens with zero attached hydrogens (tertiary/aromatic N) is 1. The van der Waals surface area contributed by atoms with Crippen LogP contribution in [0.25, 0.3) is 0 Å². The molecule has 1 aromatic rings. The van der Waals surface area contributed by atoms with Gasteiger partial charge in [-0.25, -0.2) is 0 Å². The highest BCUT2D eigenvalue weighted by atomic mass is 19.3. The lowest BCUT2D eigenvalue weighted by Crippen LogP contribution is -2.43. The van der Waals surface area contributed by atoms with Gasteiger partial charge in [0.2, 0.25) is 5.91 Å². The van der Waals surface area contributed by atoms with Crippen LogP contribution in [-0.2, 0) is 11.3 Å². The van der Waals surface area contributed by atoms with E-state index in [0.29, 0.717) is 19.1 Å². The van der Waals surface area contributed by atoms with Gasteiger partial charge in [-0.3, -0.25) is 9.69 Å². The molecule has 1 aromatic carbocycles. The number of halogens is 2. The van der Waals surface area contributed by atoms with Crippen molar-refractivity contribution in [2.75, 3.05) is 13.1 Å². The first-order chi connectivity index (χ1) is 12.6. The van der Waals surface area contributed by atoms with Gasteiger partial charge >= 0.3 is 6.61 Å². The van der Waals surface area contributed by atoms with Crippen molar-refractivity contribution < 1.29 is 18.3 Å². The van der Waals surface area contributed by atoms with Crippen LogP contribution in [0, 0.1) is 5.92 Å². The third-order valence-corrected chi connectivity index (χ3v) is 5.59. The molecule has 1 heterocycles. The van der Waals surface area contributed by atoms with E-state index >= 15 is 0 Å². The number of likely N-dealkylation sites (tertiary alicyclic amines) is 1. The first kappa shape index (κ1) is 19.1. The normalized spacial score (nSPS) is 21.9. The van der Waals surface area contributed by atoms with Gasteiger partial charge in [-0.15, -0.1) is 0 Å². The topological polar surface area (TPSA) is 41.6 Å². The molecule has 2 fully saturated rings. The molecule has 1 unspecified atom stereocenters. The second-order valence-corrected chi connectivity index (χ2v) is 7.38. The fourth-order valence-electron chi connectivity index (χ4n) is 4.33. The van der Waals surface area contributed by atoms with Gasteiger partial charge in [-0.1, -0.05) is 31.4 Å². The van der Waals surface area contributed by atoms with E-state index in [9.17, 15) is 13.6 Å². The number of amides is 1. The average Bonchev–Trinajstić information content (AvgIpc) is 3.09. The van der Waals surface area contributed by atoms with Crippen LogP contribution in [0.2, 0.25) is 0 Å². The highest BCUT2D eigenvalue weighted by molar-refractivity contribution is 5.78. The van der Waals surface area contributed by atoms with Crippen molar-refractivity contribution >= 4 is 5.91 Å². The third kappa shape index (κ3) is 5.40. The molecule has 144 valence electrons. The zero-order chi connectivity index (χ0) is 18.4. The molecule has 1 N–H and O–H groups in total. The summed E-state index contributed by atoms with van der Waals surface area (Å²) in [6, 6.07) is 6.93. The molecule has 4 nitrogen and oxygen atoms in total. The first-order valence-electron chi connectivity index (χ1n) is 9.66. The van der Waals surface area contributed by atoms with E-state index < -0.39 is 6.61 Å². The van der Waals surface area contributed by atoms with Gasteiger partial charge in [0.05, 0.1) is 6.54 Å². The molecular formula is C20H28F2N2O2. The van der Waals surface area contributed by atoms with Gasteiger partial charge in [0.25, 0.3) is 0 Å². The molecule has 1 aliphatic carbocycles. The van der Waals surface area contributed by atoms with E-state index in [1.807, 2.05) is 0 Å². The van der Waals surface area contributed by atoms with Crippen LogP contribution in [0.1, 0.15) is 50.5 Å². The summed E-state index contributed by atoms with van der Waals surface area (Å²) in [5.41, 5.74) is 0.866. The minimum absolute atomic E-state index is 0.0283. The second-order valence-electron chi connectivity index (χ2n) is 7.38. The zero-order valence-corrected chi connectivity index (χ0v) is 15.1. The van der Waals surface area contributed by atoms with Crippen molar-refractivity contribution in [3.05, 3.63) is 29.8 Å². The molecular weight excluding hydrogens is 338 g/mol. The Labute approximate surface area is 153 Å². The zero-order valence-electron chi connectivity index (χ0n) is 15.1. The molecule has 0 bridgehead atoms. The highest BCUT2D eigenvalue weighted by Crippen LogP contribution is 2.34. The number of ether oxygens (including phenoxy) is 1. The lowest BCUT2D eigenvalue weighted by Gasteiger charge is -2.33. The number of carbonyl (C=O) groups is 1. The summed E-state index contributed by atoms with van der Waals surface area (Å²) in [6.45, 7) is -0.962. The molecule has 0 radical (unpaired) electrons. The van der Waals surface area contributed by atoms with Crippen LogP contribution in [0.4, 0.5) is 8.78 Å². The molecule has 26 heavy (non-hydrogen) atoms. The van der Waals surface area contributed by atoms with Gasteiger partial charge in [-0.2, -0.15) is 8.78 Å². The van der Waals surface area contributed by atoms with Crippen LogP contribution >= 0.6 is 0 Å². The predicted octanol–water partition coefficient (Wildman–Crippen LogP) is 3.95. The Hall–Kier alpha value is -1.69. The van der Waals surface area contributed by atoms with E-state index in [0.717, 1.165) is 18.0 Å². The first-order valence-corrected chi connectivity index (χ1v) is 9.66. The van der Waals surface area contributed by atoms with Crippen LogP contribution in [-0.4, -0.2) is 36.5 Å². The Morgan fingerprint density at radius 3 is 2.54 bits per heavy atom. The molecule has 0 spiro atoms. The third-order valence-electron chi connectivity index (χ3n) is 5.59.